The van der Waals surface area contributed by atoms with Crippen LogP contribution in [0.3, 0.4) is 0 Å². The van der Waals surface area contributed by atoms with Crippen molar-refractivity contribution in [3.05, 3.63) is 23.8 Å². The van der Waals surface area contributed by atoms with Crippen LogP contribution in [0.15, 0.2) is 18.2 Å². The summed E-state index contributed by atoms with van der Waals surface area (Å²) in [6, 6.07) is 5.35. The van der Waals surface area contributed by atoms with E-state index in [0.29, 0.717) is 24.1 Å². The van der Waals surface area contributed by atoms with Gasteiger partial charge in [0, 0.05) is 12.0 Å². The fraction of sp³-hybridized carbons (Fsp3) is 0.529. The average Bonchev–Trinajstić information content (AvgIpc) is 3.08. The van der Waals surface area contributed by atoms with Crippen LogP contribution in [-0.2, 0) is 11.2 Å². The molecule has 0 aromatic heterocycles. The zero-order valence-electron chi connectivity index (χ0n) is 12.3. The number of nitrogens with one attached hydrogen (secondary N) is 1. The number of urea groups is 1. The lowest BCUT2D eigenvalue weighted by Gasteiger charge is -2.30. The van der Waals surface area contributed by atoms with Gasteiger partial charge in [0.05, 0.1) is 12.3 Å². The minimum Gasteiger partial charge on any atom is -0.493 e. The molecule has 0 radical (unpaired) electrons. The molecular formula is C17H18N2O3. The second-order valence-electron chi connectivity index (χ2n) is 6.89. The number of ether oxygens (including phenoxy) is 1. The fourth-order valence-electron chi connectivity index (χ4n) is 4.64. The molecule has 0 bridgehead atoms. The standard InChI is InChI=1S/C17H18N2O3/c20-15-17(7-2-3-10-9-12(10)17)18-16(21)19(15)13-4-1-5-14-11(13)6-8-22-14/h1,4-5,10,12H,2-3,6-9H2,(H,18,21). The zero-order valence-corrected chi connectivity index (χ0v) is 12.3. The van der Waals surface area contributed by atoms with Crippen molar-refractivity contribution in [2.24, 2.45) is 11.8 Å². The molecule has 5 heteroatoms. The predicted molar refractivity (Wildman–Crippen MR) is 79.8 cm³/mol. The number of fused-ring (bicyclic) bond motifs is 3. The molecular weight excluding hydrogens is 280 g/mol. The molecule has 1 N–H and O–H groups in total. The van der Waals surface area contributed by atoms with Gasteiger partial charge in [0.25, 0.3) is 5.91 Å². The first-order chi connectivity index (χ1) is 10.7. The Morgan fingerprint density at radius 2 is 2.23 bits per heavy atom. The number of amides is 3. The predicted octanol–water partition coefficient (Wildman–Crippen LogP) is 2.24. The van der Waals surface area contributed by atoms with Crippen molar-refractivity contribution in [2.75, 3.05) is 11.5 Å². The molecule has 22 heavy (non-hydrogen) atoms. The van der Waals surface area contributed by atoms with E-state index in [1.54, 1.807) is 0 Å². The lowest BCUT2D eigenvalue weighted by molar-refractivity contribution is -0.123. The van der Waals surface area contributed by atoms with Crippen molar-refractivity contribution >= 4 is 17.6 Å². The summed E-state index contributed by atoms with van der Waals surface area (Å²) >= 11 is 0. The highest BCUT2D eigenvalue weighted by Gasteiger charge is 2.64. The number of benzene rings is 1. The van der Waals surface area contributed by atoms with Crippen molar-refractivity contribution in [1.82, 2.24) is 5.32 Å². The van der Waals surface area contributed by atoms with E-state index in [1.165, 1.54) is 11.3 Å². The molecule has 2 aliphatic heterocycles. The Balaban J connectivity index is 1.58. The fourth-order valence-corrected chi connectivity index (χ4v) is 4.64. The van der Waals surface area contributed by atoms with Gasteiger partial charge < -0.3 is 10.1 Å². The Hall–Kier alpha value is -2.04. The Morgan fingerprint density at radius 1 is 1.32 bits per heavy atom. The first-order valence-electron chi connectivity index (χ1n) is 8.12. The summed E-state index contributed by atoms with van der Waals surface area (Å²) in [5.74, 6) is 1.72. The lowest BCUT2D eigenvalue weighted by atomic mass is 9.81. The maximum Gasteiger partial charge on any atom is 0.329 e. The van der Waals surface area contributed by atoms with Gasteiger partial charge in [-0.15, -0.1) is 0 Å². The molecule has 1 aromatic carbocycles. The molecule has 2 aliphatic carbocycles. The second-order valence-corrected chi connectivity index (χ2v) is 6.89. The lowest BCUT2D eigenvalue weighted by Crippen LogP contribution is -2.51. The second kappa shape index (κ2) is 4.03. The highest BCUT2D eigenvalue weighted by molar-refractivity contribution is 6.24. The summed E-state index contributed by atoms with van der Waals surface area (Å²) in [4.78, 5) is 27.1. The maximum atomic E-state index is 13.1. The van der Waals surface area contributed by atoms with E-state index in [4.69, 9.17) is 4.74 Å². The minimum absolute atomic E-state index is 0.0509. The number of rotatable bonds is 1. The Kier molecular flexibility index (Phi) is 2.29. The largest absolute Gasteiger partial charge is 0.493 e. The Labute approximate surface area is 128 Å². The van der Waals surface area contributed by atoms with E-state index in [2.05, 4.69) is 5.32 Å². The van der Waals surface area contributed by atoms with Crippen LogP contribution in [0.4, 0.5) is 10.5 Å². The molecule has 3 fully saturated rings. The van der Waals surface area contributed by atoms with Crippen LogP contribution in [0.25, 0.3) is 0 Å². The summed E-state index contributed by atoms with van der Waals surface area (Å²) in [6.07, 6.45) is 4.83. The summed E-state index contributed by atoms with van der Waals surface area (Å²) < 4.78 is 5.57. The molecule has 2 heterocycles. The average molecular weight is 298 g/mol. The van der Waals surface area contributed by atoms with Gasteiger partial charge in [0.15, 0.2) is 0 Å². The van der Waals surface area contributed by atoms with E-state index in [9.17, 15) is 9.59 Å². The highest BCUT2D eigenvalue weighted by atomic mass is 16.5. The number of nitrogens with zero attached hydrogens (tertiary/aromatic N) is 1. The molecule has 1 spiro atoms. The van der Waals surface area contributed by atoms with Crippen LogP contribution in [0.5, 0.6) is 5.75 Å². The number of hydrogen-bond donors (Lipinski definition) is 1. The summed E-state index contributed by atoms with van der Waals surface area (Å²) in [6.45, 7) is 0.617. The smallest absolute Gasteiger partial charge is 0.329 e. The Bertz CT molecular complexity index is 701. The summed E-state index contributed by atoms with van der Waals surface area (Å²) in [5, 5.41) is 3.05. The van der Waals surface area contributed by atoms with Crippen molar-refractivity contribution in [3.63, 3.8) is 0 Å². The van der Waals surface area contributed by atoms with Gasteiger partial charge in [0.2, 0.25) is 0 Å². The van der Waals surface area contributed by atoms with Crippen molar-refractivity contribution in [1.29, 1.82) is 0 Å². The molecule has 3 unspecified atom stereocenters. The van der Waals surface area contributed by atoms with Gasteiger partial charge in [-0.2, -0.15) is 0 Å². The molecule has 1 aromatic rings. The summed E-state index contributed by atoms with van der Waals surface area (Å²) in [5.41, 5.74) is 1.05. The van der Waals surface area contributed by atoms with Crippen LogP contribution < -0.4 is 15.0 Å². The molecule has 1 saturated heterocycles. The highest BCUT2D eigenvalue weighted by Crippen LogP contribution is 2.57. The molecule has 5 rings (SSSR count). The van der Waals surface area contributed by atoms with E-state index in [0.717, 1.165) is 37.0 Å². The van der Waals surface area contributed by atoms with Crippen LogP contribution in [0.1, 0.15) is 31.2 Å². The topological polar surface area (TPSA) is 58.6 Å². The van der Waals surface area contributed by atoms with Crippen molar-refractivity contribution in [2.45, 2.75) is 37.6 Å². The van der Waals surface area contributed by atoms with Crippen LogP contribution in [-0.4, -0.2) is 24.1 Å². The number of anilines is 1. The number of carbonyl (C=O) groups is 2. The third-order valence-corrected chi connectivity index (χ3v) is 5.78. The first kappa shape index (κ1) is 12.5. The van der Waals surface area contributed by atoms with E-state index < -0.39 is 5.54 Å². The minimum atomic E-state index is -0.637. The molecule has 2 saturated carbocycles. The van der Waals surface area contributed by atoms with Gasteiger partial charge in [-0.05, 0) is 43.2 Å². The maximum absolute atomic E-state index is 13.1. The monoisotopic (exact) mass is 298 g/mol. The SMILES string of the molecule is O=C1NC2(CCCC3CC32)C(=O)N1c1cccc2c1CCO2. The van der Waals surface area contributed by atoms with Crippen molar-refractivity contribution < 1.29 is 14.3 Å². The zero-order chi connectivity index (χ0) is 14.9. The van der Waals surface area contributed by atoms with Gasteiger partial charge >= 0.3 is 6.03 Å². The molecule has 3 atom stereocenters. The van der Waals surface area contributed by atoms with Gasteiger partial charge in [-0.25, -0.2) is 9.69 Å². The summed E-state index contributed by atoms with van der Waals surface area (Å²) in [7, 11) is 0. The van der Waals surface area contributed by atoms with Crippen LogP contribution >= 0.6 is 0 Å². The van der Waals surface area contributed by atoms with E-state index in [-0.39, 0.29) is 11.9 Å². The van der Waals surface area contributed by atoms with E-state index in [1.807, 2.05) is 18.2 Å². The number of hydrogen-bond acceptors (Lipinski definition) is 3. The third kappa shape index (κ3) is 1.44. The van der Waals surface area contributed by atoms with E-state index >= 15 is 0 Å². The Morgan fingerprint density at radius 3 is 3.14 bits per heavy atom. The number of imide groups is 1. The molecule has 4 aliphatic rings. The van der Waals surface area contributed by atoms with Crippen LogP contribution in [0.2, 0.25) is 0 Å². The third-order valence-electron chi connectivity index (χ3n) is 5.78. The molecule has 5 nitrogen and oxygen atoms in total. The number of carbonyl (C=O) groups excluding carboxylic acids is 2. The quantitative estimate of drug-likeness (QED) is 0.809. The van der Waals surface area contributed by atoms with Crippen molar-refractivity contribution in [3.8, 4) is 5.75 Å². The molecule has 114 valence electrons. The normalized spacial score (nSPS) is 35.2. The first-order valence-corrected chi connectivity index (χ1v) is 8.12. The van der Waals surface area contributed by atoms with Crippen LogP contribution in [0, 0.1) is 11.8 Å². The van der Waals surface area contributed by atoms with Gasteiger partial charge in [-0.3, -0.25) is 4.79 Å². The van der Waals surface area contributed by atoms with Gasteiger partial charge in [-0.1, -0.05) is 12.5 Å². The molecule has 3 amide bonds. The van der Waals surface area contributed by atoms with Gasteiger partial charge in [0.1, 0.15) is 11.3 Å².